The Hall–Kier alpha value is -1.10. The van der Waals surface area contributed by atoms with Gasteiger partial charge in [-0.25, -0.2) is 4.98 Å². The van der Waals surface area contributed by atoms with Crippen molar-refractivity contribution in [3.8, 4) is 5.75 Å². The molecule has 1 aromatic carbocycles. The molecule has 0 aliphatic carbocycles. The van der Waals surface area contributed by atoms with Gasteiger partial charge in [0, 0.05) is 11.3 Å². The third-order valence-electron chi connectivity index (χ3n) is 2.88. The van der Waals surface area contributed by atoms with Crippen LogP contribution in [0.3, 0.4) is 0 Å². The smallest absolute Gasteiger partial charge is 0.141 e. The first-order chi connectivity index (χ1) is 9.22. The van der Waals surface area contributed by atoms with Crippen molar-refractivity contribution in [2.24, 2.45) is 5.73 Å². The van der Waals surface area contributed by atoms with Crippen LogP contribution in [0.2, 0.25) is 5.02 Å². The lowest BCUT2D eigenvalue weighted by Gasteiger charge is -2.12. The van der Waals surface area contributed by atoms with Crippen LogP contribution in [0.25, 0.3) is 0 Å². The highest BCUT2D eigenvalue weighted by Crippen LogP contribution is 2.29. The van der Waals surface area contributed by atoms with E-state index >= 15 is 0 Å². The number of rotatable bonds is 6. The molecule has 0 atom stereocenters. The van der Waals surface area contributed by atoms with Crippen LogP contribution in [-0.2, 0) is 12.8 Å². The molecule has 2 rings (SSSR count). The minimum Gasteiger partial charge on any atom is -0.491 e. The molecule has 0 unspecified atom stereocenters. The molecule has 2 aromatic rings. The third-order valence-corrected chi connectivity index (χ3v) is 4.18. The Morgan fingerprint density at radius 3 is 2.89 bits per heavy atom. The van der Waals surface area contributed by atoms with Crippen molar-refractivity contribution in [2.75, 3.05) is 13.2 Å². The normalized spacial score (nSPS) is 10.7. The summed E-state index contributed by atoms with van der Waals surface area (Å²) in [6, 6.07) is 5.77. The van der Waals surface area contributed by atoms with Crippen LogP contribution in [0.1, 0.15) is 16.1 Å². The van der Waals surface area contributed by atoms with E-state index < -0.39 is 0 Å². The number of nitrogens with two attached hydrogens (primary N) is 1. The summed E-state index contributed by atoms with van der Waals surface area (Å²) < 4.78 is 5.84. The molecule has 19 heavy (non-hydrogen) atoms. The van der Waals surface area contributed by atoms with Crippen LogP contribution in [-0.4, -0.2) is 18.1 Å². The molecular formula is C14H17ClN2OS. The van der Waals surface area contributed by atoms with E-state index in [2.05, 4.69) is 4.98 Å². The zero-order valence-corrected chi connectivity index (χ0v) is 12.4. The number of ether oxygens (including phenoxy) is 1. The van der Waals surface area contributed by atoms with Crippen molar-refractivity contribution in [3.05, 3.63) is 44.9 Å². The Morgan fingerprint density at radius 1 is 1.37 bits per heavy atom. The predicted octanol–water partition coefficient (Wildman–Crippen LogP) is 3.23. The van der Waals surface area contributed by atoms with Crippen molar-refractivity contribution < 1.29 is 4.74 Å². The molecule has 1 aromatic heterocycles. The van der Waals surface area contributed by atoms with Gasteiger partial charge >= 0.3 is 0 Å². The molecule has 0 aliphatic rings. The van der Waals surface area contributed by atoms with Crippen LogP contribution in [0, 0.1) is 6.92 Å². The molecule has 0 bridgehead atoms. The number of thiazole rings is 1. The summed E-state index contributed by atoms with van der Waals surface area (Å²) in [5, 5.41) is 0.645. The Balaban J connectivity index is 2.01. The Morgan fingerprint density at radius 2 is 2.21 bits per heavy atom. The summed E-state index contributed by atoms with van der Waals surface area (Å²) in [6.07, 6.45) is 1.62. The summed E-state index contributed by atoms with van der Waals surface area (Å²) in [5.74, 6) is 0.761. The molecule has 0 amide bonds. The van der Waals surface area contributed by atoms with E-state index in [0.29, 0.717) is 18.2 Å². The standard InChI is InChI=1S/C14H17ClN2OS/c1-10-13(19-9-17-10)6-8-18-14-11(5-7-16)3-2-4-12(14)15/h2-4,9H,5-8,16H2,1H3. The van der Waals surface area contributed by atoms with Gasteiger partial charge in [0.1, 0.15) is 5.75 Å². The van der Waals surface area contributed by atoms with Crippen molar-refractivity contribution in [1.29, 1.82) is 0 Å². The first kappa shape index (κ1) is 14.3. The SMILES string of the molecule is Cc1ncsc1CCOc1c(Cl)cccc1CCN. The fourth-order valence-electron chi connectivity index (χ4n) is 1.88. The van der Waals surface area contributed by atoms with Gasteiger partial charge in [-0.3, -0.25) is 0 Å². The lowest BCUT2D eigenvalue weighted by Crippen LogP contribution is -2.07. The maximum atomic E-state index is 6.18. The van der Waals surface area contributed by atoms with E-state index in [-0.39, 0.29) is 0 Å². The topological polar surface area (TPSA) is 48.1 Å². The predicted molar refractivity (Wildman–Crippen MR) is 80.3 cm³/mol. The average Bonchev–Trinajstić information content (AvgIpc) is 2.79. The highest BCUT2D eigenvalue weighted by atomic mass is 35.5. The number of nitrogens with zero attached hydrogens (tertiary/aromatic N) is 1. The summed E-state index contributed by atoms with van der Waals surface area (Å²) >= 11 is 7.84. The lowest BCUT2D eigenvalue weighted by molar-refractivity contribution is 0.319. The summed E-state index contributed by atoms with van der Waals surface area (Å²) in [5.41, 5.74) is 9.61. The second-order valence-electron chi connectivity index (χ2n) is 4.23. The maximum absolute atomic E-state index is 6.18. The maximum Gasteiger partial charge on any atom is 0.141 e. The van der Waals surface area contributed by atoms with Crippen molar-refractivity contribution in [1.82, 2.24) is 4.98 Å². The number of aromatic nitrogens is 1. The molecule has 5 heteroatoms. The lowest BCUT2D eigenvalue weighted by atomic mass is 10.1. The van der Waals surface area contributed by atoms with Gasteiger partial charge in [-0.1, -0.05) is 23.7 Å². The summed E-state index contributed by atoms with van der Waals surface area (Å²) in [4.78, 5) is 5.48. The fourth-order valence-corrected chi connectivity index (χ4v) is 2.89. The number of hydrogen-bond donors (Lipinski definition) is 1. The van der Waals surface area contributed by atoms with E-state index in [4.69, 9.17) is 22.1 Å². The molecule has 0 spiro atoms. The molecule has 0 radical (unpaired) electrons. The largest absolute Gasteiger partial charge is 0.491 e. The van der Waals surface area contributed by atoms with Crippen LogP contribution in [0.15, 0.2) is 23.7 Å². The van der Waals surface area contributed by atoms with E-state index in [9.17, 15) is 0 Å². The second-order valence-corrected chi connectivity index (χ2v) is 5.57. The third kappa shape index (κ3) is 3.69. The van der Waals surface area contributed by atoms with E-state index in [1.807, 2.05) is 30.6 Å². The van der Waals surface area contributed by atoms with Crippen molar-refractivity contribution >= 4 is 22.9 Å². The van der Waals surface area contributed by atoms with Crippen LogP contribution in [0.5, 0.6) is 5.75 Å². The van der Waals surface area contributed by atoms with Gasteiger partial charge in [-0.2, -0.15) is 0 Å². The zero-order valence-electron chi connectivity index (χ0n) is 10.9. The Bertz CT molecular complexity index is 542. The van der Waals surface area contributed by atoms with Gasteiger partial charge in [0.2, 0.25) is 0 Å². The molecule has 2 N–H and O–H groups in total. The quantitative estimate of drug-likeness (QED) is 0.890. The molecule has 1 heterocycles. The first-order valence-corrected chi connectivity index (χ1v) is 7.47. The molecule has 3 nitrogen and oxygen atoms in total. The number of para-hydroxylation sites is 1. The number of hydrogen-bond acceptors (Lipinski definition) is 4. The average molecular weight is 297 g/mol. The van der Waals surface area contributed by atoms with Gasteiger partial charge in [-0.15, -0.1) is 11.3 Å². The minimum absolute atomic E-state index is 0.588. The van der Waals surface area contributed by atoms with Crippen LogP contribution < -0.4 is 10.5 Å². The molecule has 0 aliphatic heterocycles. The minimum atomic E-state index is 0.588. The van der Waals surface area contributed by atoms with Crippen LogP contribution >= 0.6 is 22.9 Å². The number of aryl methyl sites for hydroxylation is 1. The van der Waals surface area contributed by atoms with Crippen molar-refractivity contribution in [2.45, 2.75) is 19.8 Å². The van der Waals surface area contributed by atoms with Gasteiger partial charge in [-0.05, 0) is 31.5 Å². The molecule has 102 valence electrons. The second kappa shape index (κ2) is 6.89. The van der Waals surface area contributed by atoms with Gasteiger partial charge in [0.05, 0.1) is 22.8 Å². The first-order valence-electron chi connectivity index (χ1n) is 6.21. The number of benzene rings is 1. The zero-order chi connectivity index (χ0) is 13.7. The van der Waals surface area contributed by atoms with E-state index in [0.717, 1.165) is 29.8 Å². The molecule has 0 saturated carbocycles. The van der Waals surface area contributed by atoms with Gasteiger partial charge < -0.3 is 10.5 Å². The summed E-state index contributed by atoms with van der Waals surface area (Å²) in [7, 11) is 0. The van der Waals surface area contributed by atoms with E-state index in [1.54, 1.807) is 11.3 Å². The van der Waals surface area contributed by atoms with Crippen LogP contribution in [0.4, 0.5) is 0 Å². The molecular weight excluding hydrogens is 280 g/mol. The van der Waals surface area contributed by atoms with Crippen molar-refractivity contribution in [3.63, 3.8) is 0 Å². The Kier molecular flexibility index (Phi) is 5.19. The molecule has 0 saturated heterocycles. The number of halogens is 1. The molecule has 0 fully saturated rings. The monoisotopic (exact) mass is 296 g/mol. The highest BCUT2D eigenvalue weighted by molar-refractivity contribution is 7.09. The Labute approximate surface area is 122 Å². The van der Waals surface area contributed by atoms with Gasteiger partial charge in [0.25, 0.3) is 0 Å². The highest BCUT2D eigenvalue weighted by Gasteiger charge is 2.08. The fraction of sp³-hybridized carbons (Fsp3) is 0.357. The van der Waals surface area contributed by atoms with Gasteiger partial charge in [0.15, 0.2) is 0 Å². The van der Waals surface area contributed by atoms with E-state index in [1.165, 1.54) is 4.88 Å². The summed E-state index contributed by atoms with van der Waals surface area (Å²) in [6.45, 7) is 3.20.